The monoisotopic (exact) mass is 424 g/mol. The van der Waals surface area contributed by atoms with Gasteiger partial charge in [-0.05, 0) is 49.5 Å². The summed E-state index contributed by atoms with van der Waals surface area (Å²) >= 11 is 2.09. The van der Waals surface area contributed by atoms with Crippen LogP contribution in [0.1, 0.15) is 32.1 Å². The molecule has 1 saturated carbocycles. The Hall–Kier alpha value is 0.310. The van der Waals surface area contributed by atoms with E-state index in [1.807, 2.05) is 7.05 Å². The van der Waals surface area contributed by atoms with Crippen molar-refractivity contribution in [3.8, 4) is 0 Å². The fraction of sp³-hybridized carbons (Fsp3) is 0.933. The molecule has 3 rings (SSSR count). The third kappa shape index (κ3) is 5.46. The first kappa shape index (κ1) is 17.7. The molecule has 0 amide bonds. The zero-order valence-electron chi connectivity index (χ0n) is 13.0. The summed E-state index contributed by atoms with van der Waals surface area (Å²) in [5.74, 6) is 4.50. The van der Waals surface area contributed by atoms with Gasteiger partial charge in [0.05, 0.1) is 0 Å². The van der Waals surface area contributed by atoms with Crippen LogP contribution in [0.3, 0.4) is 0 Å². The quantitative estimate of drug-likeness (QED) is 0.412. The van der Waals surface area contributed by atoms with E-state index in [4.69, 9.17) is 0 Å². The molecule has 21 heavy (non-hydrogen) atoms. The number of guanidine groups is 1. The van der Waals surface area contributed by atoms with E-state index in [2.05, 4.69) is 32.3 Å². The highest BCUT2D eigenvalue weighted by Crippen LogP contribution is 2.29. The minimum atomic E-state index is 0. The number of hydrogen-bond donors (Lipinski definition) is 2. The lowest BCUT2D eigenvalue weighted by molar-refractivity contribution is 0.321. The van der Waals surface area contributed by atoms with Gasteiger partial charge in [-0.15, -0.1) is 24.0 Å². The van der Waals surface area contributed by atoms with Crippen LogP contribution in [0.25, 0.3) is 0 Å². The molecule has 0 aromatic heterocycles. The summed E-state index contributed by atoms with van der Waals surface area (Å²) in [5.41, 5.74) is 0. The first-order chi connectivity index (χ1) is 9.85. The van der Waals surface area contributed by atoms with Crippen molar-refractivity contribution in [1.29, 1.82) is 0 Å². The van der Waals surface area contributed by atoms with Crippen LogP contribution in [0.4, 0.5) is 0 Å². The number of likely N-dealkylation sites (tertiary alicyclic amines) is 1. The van der Waals surface area contributed by atoms with Crippen LogP contribution in [0.5, 0.6) is 0 Å². The molecule has 0 spiro atoms. The van der Waals surface area contributed by atoms with E-state index in [0.717, 1.165) is 24.5 Å². The van der Waals surface area contributed by atoms with Crippen molar-refractivity contribution in [1.82, 2.24) is 15.5 Å². The molecule has 1 unspecified atom stereocenters. The summed E-state index contributed by atoms with van der Waals surface area (Å²) in [6, 6.07) is 1.49. The summed E-state index contributed by atoms with van der Waals surface area (Å²) < 4.78 is 0. The topological polar surface area (TPSA) is 39.7 Å². The van der Waals surface area contributed by atoms with E-state index in [1.54, 1.807) is 0 Å². The second-order valence-electron chi connectivity index (χ2n) is 6.36. The van der Waals surface area contributed by atoms with Crippen molar-refractivity contribution in [3.05, 3.63) is 0 Å². The number of thioether (sulfide) groups is 1. The number of halogens is 1. The second-order valence-corrected chi connectivity index (χ2v) is 7.59. The van der Waals surface area contributed by atoms with Gasteiger partial charge in [0.15, 0.2) is 5.96 Å². The van der Waals surface area contributed by atoms with Gasteiger partial charge >= 0.3 is 0 Å². The molecule has 4 nitrogen and oxygen atoms in total. The van der Waals surface area contributed by atoms with E-state index >= 15 is 0 Å². The summed E-state index contributed by atoms with van der Waals surface area (Å²) in [7, 11) is 1.89. The Morgan fingerprint density at radius 1 is 1.19 bits per heavy atom. The van der Waals surface area contributed by atoms with Crippen molar-refractivity contribution in [3.63, 3.8) is 0 Å². The molecule has 122 valence electrons. The Morgan fingerprint density at radius 2 is 1.95 bits per heavy atom. The molecule has 0 radical (unpaired) electrons. The van der Waals surface area contributed by atoms with Crippen molar-refractivity contribution < 1.29 is 0 Å². The molecule has 2 heterocycles. The maximum absolute atomic E-state index is 4.39. The Kier molecular flexibility index (Phi) is 7.41. The molecule has 2 N–H and O–H groups in total. The molecule has 0 bridgehead atoms. The van der Waals surface area contributed by atoms with Crippen LogP contribution in [0, 0.1) is 5.92 Å². The van der Waals surface area contributed by atoms with Gasteiger partial charge in [-0.3, -0.25) is 9.89 Å². The number of aliphatic imine (C=N–C) groups is 1. The minimum Gasteiger partial charge on any atom is -0.356 e. The normalized spacial score (nSPS) is 28.2. The Bertz CT molecular complexity index is 343. The van der Waals surface area contributed by atoms with Crippen LogP contribution in [-0.2, 0) is 0 Å². The smallest absolute Gasteiger partial charge is 0.191 e. The molecule has 3 fully saturated rings. The van der Waals surface area contributed by atoms with Crippen molar-refractivity contribution >= 4 is 41.7 Å². The van der Waals surface area contributed by atoms with E-state index in [1.165, 1.54) is 56.7 Å². The summed E-state index contributed by atoms with van der Waals surface area (Å²) in [4.78, 5) is 7.03. The highest BCUT2D eigenvalue weighted by Gasteiger charge is 2.34. The second kappa shape index (κ2) is 8.82. The van der Waals surface area contributed by atoms with Gasteiger partial charge in [-0.2, -0.15) is 11.8 Å². The molecular formula is C15H29IN4S. The van der Waals surface area contributed by atoms with E-state index in [-0.39, 0.29) is 24.0 Å². The standard InChI is InChI=1S/C15H28N4S.HI/c1-16-15(17-10-12-5-8-20-9-6-12)18-13-4-7-19(11-13)14-2-3-14;/h12-14H,2-11H2,1H3,(H2,16,17,18);1H. The number of rotatable bonds is 4. The third-order valence-corrected chi connectivity index (χ3v) is 5.80. The fourth-order valence-corrected chi connectivity index (χ4v) is 4.46. The van der Waals surface area contributed by atoms with Gasteiger partial charge < -0.3 is 10.6 Å². The van der Waals surface area contributed by atoms with Gasteiger partial charge in [-0.1, -0.05) is 0 Å². The lowest BCUT2D eigenvalue weighted by Gasteiger charge is -2.24. The lowest BCUT2D eigenvalue weighted by atomic mass is 10.0. The molecule has 0 aromatic carbocycles. The van der Waals surface area contributed by atoms with Crippen LogP contribution in [-0.4, -0.2) is 61.1 Å². The average molecular weight is 424 g/mol. The molecule has 3 aliphatic rings. The van der Waals surface area contributed by atoms with Crippen LogP contribution < -0.4 is 10.6 Å². The molecule has 1 aliphatic carbocycles. The SMILES string of the molecule is CN=C(NCC1CCSCC1)NC1CCN(C2CC2)C1.I. The summed E-state index contributed by atoms with van der Waals surface area (Å²) in [6.45, 7) is 3.55. The first-order valence-electron chi connectivity index (χ1n) is 8.14. The number of nitrogens with zero attached hydrogens (tertiary/aromatic N) is 2. The Morgan fingerprint density at radius 3 is 2.62 bits per heavy atom. The number of nitrogens with one attached hydrogen (secondary N) is 2. The van der Waals surface area contributed by atoms with Crippen molar-refractivity contribution in [2.45, 2.75) is 44.2 Å². The van der Waals surface area contributed by atoms with Gasteiger partial charge in [0.2, 0.25) is 0 Å². The molecule has 0 aromatic rings. The van der Waals surface area contributed by atoms with E-state index in [9.17, 15) is 0 Å². The third-order valence-electron chi connectivity index (χ3n) is 4.75. The number of hydrogen-bond acceptors (Lipinski definition) is 3. The van der Waals surface area contributed by atoms with Gasteiger partial charge in [0.25, 0.3) is 0 Å². The largest absolute Gasteiger partial charge is 0.356 e. The Balaban J connectivity index is 0.00000161. The first-order valence-corrected chi connectivity index (χ1v) is 9.29. The van der Waals surface area contributed by atoms with Gasteiger partial charge in [0, 0.05) is 38.8 Å². The maximum atomic E-state index is 4.39. The molecular weight excluding hydrogens is 395 g/mol. The molecule has 6 heteroatoms. The van der Waals surface area contributed by atoms with E-state index in [0.29, 0.717) is 6.04 Å². The summed E-state index contributed by atoms with van der Waals surface area (Å²) in [6.07, 6.45) is 6.80. The van der Waals surface area contributed by atoms with Crippen LogP contribution >= 0.6 is 35.7 Å². The van der Waals surface area contributed by atoms with Crippen LogP contribution in [0.15, 0.2) is 4.99 Å². The highest BCUT2D eigenvalue weighted by atomic mass is 127. The predicted molar refractivity (Wildman–Crippen MR) is 103 cm³/mol. The fourth-order valence-electron chi connectivity index (χ4n) is 3.26. The predicted octanol–water partition coefficient (Wildman–Crippen LogP) is 2.15. The molecule has 1 atom stereocenters. The molecule has 2 aliphatic heterocycles. The van der Waals surface area contributed by atoms with Gasteiger partial charge in [0.1, 0.15) is 0 Å². The highest BCUT2D eigenvalue weighted by molar-refractivity contribution is 14.0. The minimum absolute atomic E-state index is 0. The van der Waals surface area contributed by atoms with E-state index < -0.39 is 0 Å². The lowest BCUT2D eigenvalue weighted by Crippen LogP contribution is -2.46. The van der Waals surface area contributed by atoms with Crippen molar-refractivity contribution in [2.75, 3.05) is 38.2 Å². The van der Waals surface area contributed by atoms with Gasteiger partial charge in [-0.25, -0.2) is 0 Å². The zero-order chi connectivity index (χ0) is 13.8. The van der Waals surface area contributed by atoms with Crippen LogP contribution in [0.2, 0.25) is 0 Å². The Labute approximate surface area is 150 Å². The summed E-state index contributed by atoms with van der Waals surface area (Å²) in [5, 5.41) is 7.15. The zero-order valence-corrected chi connectivity index (χ0v) is 16.2. The average Bonchev–Trinajstić information content (AvgIpc) is 3.24. The maximum Gasteiger partial charge on any atom is 0.191 e. The molecule has 2 saturated heterocycles. The van der Waals surface area contributed by atoms with Crippen molar-refractivity contribution in [2.24, 2.45) is 10.9 Å².